The minimum Gasteiger partial charge on any atom is -0.376 e. The smallest absolute Gasteiger partial charge is 0.293 e. The molecule has 102 valence electrons. The van der Waals surface area contributed by atoms with Crippen LogP contribution < -0.4 is 10.9 Å². The van der Waals surface area contributed by atoms with Crippen LogP contribution in [0.25, 0.3) is 0 Å². The van der Waals surface area contributed by atoms with E-state index in [0.717, 1.165) is 25.9 Å². The van der Waals surface area contributed by atoms with E-state index in [4.69, 9.17) is 4.74 Å². The lowest BCUT2D eigenvalue weighted by Gasteiger charge is -2.19. The highest BCUT2D eigenvalue weighted by Crippen LogP contribution is 2.39. The van der Waals surface area contributed by atoms with Crippen molar-refractivity contribution in [3.8, 4) is 0 Å². The van der Waals surface area contributed by atoms with Crippen LogP contribution in [0.2, 0.25) is 0 Å². The number of anilines is 1. The fourth-order valence-electron chi connectivity index (χ4n) is 2.99. The Kier molecular flexibility index (Phi) is 2.62. The molecular weight excluding hydrogens is 242 g/mol. The Hall–Kier alpha value is -1.36. The van der Waals surface area contributed by atoms with Gasteiger partial charge in [-0.2, -0.15) is 0 Å². The van der Waals surface area contributed by atoms with Crippen molar-refractivity contribution in [3.05, 3.63) is 22.7 Å². The molecule has 1 aliphatic heterocycles. The molecular formula is C14H19N3O2. The van der Waals surface area contributed by atoms with E-state index in [0.29, 0.717) is 17.8 Å². The summed E-state index contributed by atoms with van der Waals surface area (Å²) in [6.45, 7) is 0.794. The van der Waals surface area contributed by atoms with Crippen molar-refractivity contribution in [1.29, 1.82) is 0 Å². The molecule has 2 atom stereocenters. The van der Waals surface area contributed by atoms with Crippen molar-refractivity contribution in [2.24, 2.45) is 5.92 Å². The van der Waals surface area contributed by atoms with E-state index in [-0.39, 0.29) is 17.7 Å². The first-order chi connectivity index (χ1) is 9.33. The van der Waals surface area contributed by atoms with Crippen LogP contribution >= 0.6 is 0 Å². The molecule has 0 amide bonds. The van der Waals surface area contributed by atoms with Gasteiger partial charge in [-0.25, -0.2) is 4.98 Å². The van der Waals surface area contributed by atoms with Gasteiger partial charge < -0.3 is 14.6 Å². The van der Waals surface area contributed by atoms with Crippen molar-refractivity contribution >= 4 is 5.82 Å². The third-order valence-corrected chi connectivity index (χ3v) is 4.35. The summed E-state index contributed by atoms with van der Waals surface area (Å²) in [4.78, 5) is 16.6. The lowest BCUT2D eigenvalue weighted by atomic mass is 10.1. The maximum atomic E-state index is 12.3. The number of hydrogen-bond donors (Lipinski definition) is 1. The molecule has 2 heterocycles. The lowest BCUT2D eigenvalue weighted by molar-refractivity contribution is 0.0898. The molecule has 0 spiro atoms. The molecule has 0 radical (unpaired) electrons. The van der Waals surface area contributed by atoms with Crippen LogP contribution in [0.1, 0.15) is 38.1 Å². The number of ether oxygens (including phenoxy) is 1. The SMILES string of the molecule is O=c1c(NC2CCOC2C2CC2)nccn1C1CC1. The van der Waals surface area contributed by atoms with Gasteiger partial charge in [-0.05, 0) is 38.0 Å². The summed E-state index contributed by atoms with van der Waals surface area (Å²) in [6.07, 6.45) is 9.52. The first-order valence-corrected chi connectivity index (χ1v) is 7.28. The first-order valence-electron chi connectivity index (χ1n) is 7.28. The van der Waals surface area contributed by atoms with Gasteiger partial charge in [0.05, 0.1) is 12.1 Å². The van der Waals surface area contributed by atoms with Crippen LogP contribution in [0.3, 0.4) is 0 Å². The Balaban J connectivity index is 1.55. The van der Waals surface area contributed by atoms with E-state index < -0.39 is 0 Å². The normalized spacial score (nSPS) is 30.5. The summed E-state index contributed by atoms with van der Waals surface area (Å²) in [7, 11) is 0. The summed E-state index contributed by atoms with van der Waals surface area (Å²) in [5.74, 6) is 1.19. The van der Waals surface area contributed by atoms with Gasteiger partial charge in [0, 0.05) is 25.0 Å². The Morgan fingerprint density at radius 2 is 2.11 bits per heavy atom. The van der Waals surface area contributed by atoms with E-state index in [9.17, 15) is 4.79 Å². The standard InChI is InChI=1S/C14H19N3O2/c18-14-13(15-6-7-17(14)10-3-4-10)16-11-5-8-19-12(11)9-1-2-9/h6-7,9-12H,1-5,8H2,(H,15,16). The molecule has 2 unspecified atom stereocenters. The summed E-state index contributed by atoms with van der Waals surface area (Å²) in [6, 6.07) is 0.651. The molecule has 2 saturated carbocycles. The van der Waals surface area contributed by atoms with Crippen LogP contribution in [-0.2, 0) is 4.74 Å². The molecule has 4 rings (SSSR count). The lowest BCUT2D eigenvalue weighted by Crippen LogP contribution is -2.35. The summed E-state index contributed by atoms with van der Waals surface area (Å²) in [5.41, 5.74) is 0.0199. The minimum atomic E-state index is 0.0199. The largest absolute Gasteiger partial charge is 0.376 e. The highest BCUT2D eigenvalue weighted by atomic mass is 16.5. The van der Waals surface area contributed by atoms with E-state index in [2.05, 4.69) is 10.3 Å². The van der Waals surface area contributed by atoms with Crippen LogP contribution in [0.4, 0.5) is 5.82 Å². The van der Waals surface area contributed by atoms with Gasteiger partial charge >= 0.3 is 0 Å². The average molecular weight is 261 g/mol. The van der Waals surface area contributed by atoms with Crippen LogP contribution in [-0.4, -0.2) is 28.3 Å². The van der Waals surface area contributed by atoms with Crippen LogP contribution in [0, 0.1) is 5.92 Å². The predicted octanol–water partition coefficient (Wildman–Crippen LogP) is 1.56. The molecule has 1 aromatic heterocycles. The molecule has 5 nitrogen and oxygen atoms in total. The maximum Gasteiger partial charge on any atom is 0.293 e. The third-order valence-electron chi connectivity index (χ3n) is 4.35. The number of nitrogens with zero attached hydrogens (tertiary/aromatic N) is 2. The molecule has 1 saturated heterocycles. The van der Waals surface area contributed by atoms with E-state index in [1.54, 1.807) is 12.4 Å². The van der Waals surface area contributed by atoms with Gasteiger partial charge in [0.15, 0.2) is 5.82 Å². The van der Waals surface area contributed by atoms with Gasteiger partial charge in [-0.15, -0.1) is 0 Å². The molecule has 2 aliphatic carbocycles. The Morgan fingerprint density at radius 1 is 1.26 bits per heavy atom. The zero-order valence-electron chi connectivity index (χ0n) is 10.9. The van der Waals surface area contributed by atoms with Crippen molar-refractivity contribution in [2.45, 2.75) is 50.3 Å². The van der Waals surface area contributed by atoms with Crippen molar-refractivity contribution in [3.63, 3.8) is 0 Å². The predicted molar refractivity (Wildman–Crippen MR) is 71.3 cm³/mol. The second kappa shape index (κ2) is 4.34. The number of aromatic nitrogens is 2. The summed E-state index contributed by atoms with van der Waals surface area (Å²) in [5, 5.41) is 3.33. The van der Waals surface area contributed by atoms with Crippen molar-refractivity contribution in [1.82, 2.24) is 9.55 Å². The quantitative estimate of drug-likeness (QED) is 0.893. The van der Waals surface area contributed by atoms with E-state index >= 15 is 0 Å². The summed E-state index contributed by atoms with van der Waals surface area (Å²) < 4.78 is 7.61. The highest BCUT2D eigenvalue weighted by molar-refractivity contribution is 5.34. The number of nitrogens with one attached hydrogen (secondary N) is 1. The van der Waals surface area contributed by atoms with Gasteiger partial charge in [-0.3, -0.25) is 4.79 Å². The average Bonchev–Trinajstić information content (AvgIpc) is 3.32. The number of rotatable bonds is 4. The molecule has 1 aromatic rings. The molecule has 19 heavy (non-hydrogen) atoms. The zero-order valence-corrected chi connectivity index (χ0v) is 10.9. The number of hydrogen-bond acceptors (Lipinski definition) is 4. The molecule has 3 fully saturated rings. The van der Waals surface area contributed by atoms with E-state index in [1.807, 2.05) is 4.57 Å². The fraction of sp³-hybridized carbons (Fsp3) is 0.714. The zero-order chi connectivity index (χ0) is 12.8. The fourth-order valence-corrected chi connectivity index (χ4v) is 2.99. The molecule has 3 aliphatic rings. The van der Waals surface area contributed by atoms with Gasteiger partial charge in [-0.1, -0.05) is 0 Å². The second-order valence-electron chi connectivity index (χ2n) is 5.93. The van der Waals surface area contributed by atoms with Crippen LogP contribution in [0.5, 0.6) is 0 Å². The summed E-state index contributed by atoms with van der Waals surface area (Å²) >= 11 is 0. The minimum absolute atomic E-state index is 0.0199. The third kappa shape index (κ3) is 2.16. The molecule has 5 heteroatoms. The first kappa shape index (κ1) is 11.5. The second-order valence-corrected chi connectivity index (χ2v) is 5.93. The van der Waals surface area contributed by atoms with Crippen molar-refractivity contribution in [2.75, 3.05) is 11.9 Å². The van der Waals surface area contributed by atoms with Crippen LogP contribution in [0.15, 0.2) is 17.2 Å². The van der Waals surface area contributed by atoms with Gasteiger partial charge in [0.25, 0.3) is 5.56 Å². The van der Waals surface area contributed by atoms with Crippen molar-refractivity contribution < 1.29 is 4.74 Å². The van der Waals surface area contributed by atoms with Gasteiger partial charge in [0.1, 0.15) is 0 Å². The Morgan fingerprint density at radius 3 is 2.84 bits per heavy atom. The van der Waals surface area contributed by atoms with E-state index in [1.165, 1.54) is 12.8 Å². The Labute approximate surface area is 112 Å². The molecule has 0 bridgehead atoms. The molecule has 0 aromatic carbocycles. The topological polar surface area (TPSA) is 56.1 Å². The highest BCUT2D eigenvalue weighted by Gasteiger charge is 2.41. The monoisotopic (exact) mass is 261 g/mol. The maximum absolute atomic E-state index is 12.3. The molecule has 1 N–H and O–H groups in total. The van der Waals surface area contributed by atoms with Gasteiger partial charge in [0.2, 0.25) is 0 Å². The Bertz CT molecular complexity index is 534.